The molecule has 76 valence electrons. The largest absolute Gasteiger partial charge is 0.309 e. The summed E-state index contributed by atoms with van der Waals surface area (Å²) in [6.07, 6.45) is 4.28. The Kier molecular flexibility index (Phi) is 4.41. The van der Waals surface area contributed by atoms with Crippen molar-refractivity contribution in [2.45, 2.75) is 12.8 Å². The van der Waals surface area contributed by atoms with E-state index in [0.717, 1.165) is 13.0 Å². The molecule has 1 nitrogen and oxygen atoms in total. The van der Waals surface area contributed by atoms with E-state index in [2.05, 4.69) is 49.8 Å². The maximum Gasteiger partial charge on any atom is -0.00217 e. The fourth-order valence-electron chi connectivity index (χ4n) is 1.55. The highest BCUT2D eigenvalue weighted by Crippen LogP contribution is 2.12. The van der Waals surface area contributed by atoms with Crippen LogP contribution in [0.1, 0.15) is 17.5 Å². The molecule has 0 atom stereocenters. The molecule has 0 fully saturated rings. The van der Waals surface area contributed by atoms with Gasteiger partial charge in [0.05, 0.1) is 0 Å². The summed E-state index contributed by atoms with van der Waals surface area (Å²) in [6, 6.07) is 8.47. The average molecular weight is 189 g/mol. The second-order valence-corrected chi connectivity index (χ2v) is 3.81. The minimum absolute atomic E-state index is 1.14. The Balaban J connectivity index is 2.53. The van der Waals surface area contributed by atoms with E-state index in [1.165, 1.54) is 17.5 Å². The van der Waals surface area contributed by atoms with Gasteiger partial charge in [0.1, 0.15) is 0 Å². The van der Waals surface area contributed by atoms with Gasteiger partial charge >= 0.3 is 0 Å². The first-order chi connectivity index (χ1) is 6.74. The van der Waals surface area contributed by atoms with Crippen LogP contribution in [-0.2, 0) is 6.42 Å². The molecule has 0 spiro atoms. The minimum Gasteiger partial charge on any atom is -0.309 e. The van der Waals surface area contributed by atoms with Gasteiger partial charge in [0, 0.05) is 0 Å². The van der Waals surface area contributed by atoms with E-state index in [0.29, 0.717) is 0 Å². The number of benzene rings is 1. The van der Waals surface area contributed by atoms with E-state index in [1.54, 1.807) is 0 Å². The number of rotatable bonds is 5. The van der Waals surface area contributed by atoms with Crippen molar-refractivity contribution in [3.05, 3.63) is 42.0 Å². The summed E-state index contributed by atoms with van der Waals surface area (Å²) >= 11 is 0. The quantitative estimate of drug-likeness (QED) is 0.688. The molecule has 1 rings (SSSR count). The van der Waals surface area contributed by atoms with E-state index in [4.69, 9.17) is 0 Å². The molecule has 0 bridgehead atoms. The van der Waals surface area contributed by atoms with Crippen LogP contribution in [0.25, 0.3) is 6.08 Å². The summed E-state index contributed by atoms with van der Waals surface area (Å²) in [6.45, 7) is 4.97. The standard InChI is InChI=1S/C13H19N/c1-4-12-8-5-6-9-13(12)10-7-11-14(2)3/h4-6,8-9H,1,7,10-11H2,2-3H3. The van der Waals surface area contributed by atoms with Crippen LogP contribution in [-0.4, -0.2) is 25.5 Å². The molecule has 1 aromatic carbocycles. The fourth-order valence-corrected chi connectivity index (χ4v) is 1.55. The number of hydrogen-bond donors (Lipinski definition) is 0. The lowest BCUT2D eigenvalue weighted by molar-refractivity contribution is 0.400. The Labute approximate surface area is 87.1 Å². The average Bonchev–Trinajstić information content (AvgIpc) is 2.18. The molecule has 14 heavy (non-hydrogen) atoms. The van der Waals surface area contributed by atoms with Gasteiger partial charge < -0.3 is 4.90 Å². The van der Waals surface area contributed by atoms with E-state index >= 15 is 0 Å². The zero-order valence-electron chi connectivity index (χ0n) is 9.16. The van der Waals surface area contributed by atoms with Crippen molar-refractivity contribution in [2.75, 3.05) is 20.6 Å². The highest BCUT2D eigenvalue weighted by atomic mass is 15.0. The second-order valence-electron chi connectivity index (χ2n) is 3.81. The Morgan fingerprint density at radius 3 is 2.64 bits per heavy atom. The first-order valence-corrected chi connectivity index (χ1v) is 5.09. The molecule has 0 saturated carbocycles. The second kappa shape index (κ2) is 5.61. The summed E-state index contributed by atoms with van der Waals surface area (Å²) in [4.78, 5) is 2.22. The molecule has 0 heterocycles. The zero-order chi connectivity index (χ0) is 10.4. The van der Waals surface area contributed by atoms with Crippen molar-refractivity contribution in [1.29, 1.82) is 0 Å². The van der Waals surface area contributed by atoms with Crippen LogP contribution in [0.2, 0.25) is 0 Å². The SMILES string of the molecule is C=Cc1ccccc1CCCN(C)C. The van der Waals surface area contributed by atoms with Gasteiger partial charge in [-0.05, 0) is 44.6 Å². The maximum absolute atomic E-state index is 3.82. The summed E-state index contributed by atoms with van der Waals surface area (Å²) in [5.41, 5.74) is 2.68. The topological polar surface area (TPSA) is 3.24 Å². The summed E-state index contributed by atoms with van der Waals surface area (Å²) in [7, 11) is 4.22. The third-order valence-electron chi connectivity index (χ3n) is 2.33. The van der Waals surface area contributed by atoms with Gasteiger partial charge in [-0.15, -0.1) is 0 Å². The van der Waals surface area contributed by atoms with Crippen molar-refractivity contribution < 1.29 is 0 Å². The van der Waals surface area contributed by atoms with Gasteiger partial charge in [-0.25, -0.2) is 0 Å². The predicted molar refractivity (Wildman–Crippen MR) is 63.4 cm³/mol. The minimum atomic E-state index is 1.14. The predicted octanol–water partition coefficient (Wildman–Crippen LogP) is 2.82. The molecule has 0 aliphatic heterocycles. The zero-order valence-corrected chi connectivity index (χ0v) is 9.16. The molecule has 1 aromatic rings. The van der Waals surface area contributed by atoms with Gasteiger partial charge in [0.15, 0.2) is 0 Å². The summed E-state index contributed by atoms with van der Waals surface area (Å²) in [5.74, 6) is 0. The molecule has 0 aromatic heterocycles. The number of aryl methyl sites for hydroxylation is 1. The molecule has 0 saturated heterocycles. The van der Waals surface area contributed by atoms with Crippen molar-refractivity contribution >= 4 is 6.08 Å². The summed E-state index contributed by atoms with van der Waals surface area (Å²) < 4.78 is 0. The highest BCUT2D eigenvalue weighted by molar-refractivity contribution is 5.51. The highest BCUT2D eigenvalue weighted by Gasteiger charge is 1.98. The molecule has 0 radical (unpaired) electrons. The first-order valence-electron chi connectivity index (χ1n) is 5.09. The number of nitrogens with zero attached hydrogens (tertiary/aromatic N) is 1. The monoisotopic (exact) mass is 189 g/mol. The Morgan fingerprint density at radius 1 is 1.29 bits per heavy atom. The van der Waals surface area contributed by atoms with Crippen LogP contribution < -0.4 is 0 Å². The Bertz CT molecular complexity index is 289. The van der Waals surface area contributed by atoms with Crippen molar-refractivity contribution in [3.63, 3.8) is 0 Å². The van der Waals surface area contributed by atoms with Gasteiger partial charge in [-0.1, -0.05) is 36.9 Å². The molecule has 0 aliphatic rings. The van der Waals surface area contributed by atoms with Crippen molar-refractivity contribution in [3.8, 4) is 0 Å². The van der Waals surface area contributed by atoms with Crippen LogP contribution >= 0.6 is 0 Å². The van der Waals surface area contributed by atoms with Crippen LogP contribution in [0.3, 0.4) is 0 Å². The van der Waals surface area contributed by atoms with Crippen molar-refractivity contribution in [1.82, 2.24) is 4.90 Å². The Hall–Kier alpha value is -1.08. The van der Waals surface area contributed by atoms with E-state index in [1.807, 2.05) is 6.08 Å². The first kappa shape index (κ1) is 11.0. The molecule has 0 unspecified atom stereocenters. The van der Waals surface area contributed by atoms with Crippen LogP contribution in [0, 0.1) is 0 Å². The van der Waals surface area contributed by atoms with Gasteiger partial charge in [-0.3, -0.25) is 0 Å². The van der Waals surface area contributed by atoms with Gasteiger partial charge in [0.2, 0.25) is 0 Å². The molecular weight excluding hydrogens is 170 g/mol. The molecule has 0 amide bonds. The van der Waals surface area contributed by atoms with E-state index < -0.39 is 0 Å². The van der Waals surface area contributed by atoms with Gasteiger partial charge in [0.25, 0.3) is 0 Å². The molecule has 0 N–H and O–H groups in total. The van der Waals surface area contributed by atoms with Crippen LogP contribution in [0.5, 0.6) is 0 Å². The fraction of sp³-hybridized carbons (Fsp3) is 0.385. The smallest absolute Gasteiger partial charge is 0.00217 e. The van der Waals surface area contributed by atoms with Gasteiger partial charge in [-0.2, -0.15) is 0 Å². The molecule has 0 aliphatic carbocycles. The summed E-state index contributed by atoms with van der Waals surface area (Å²) in [5, 5.41) is 0. The lowest BCUT2D eigenvalue weighted by Gasteiger charge is -2.10. The molecule has 1 heteroatoms. The Morgan fingerprint density at radius 2 is 2.00 bits per heavy atom. The van der Waals surface area contributed by atoms with E-state index in [9.17, 15) is 0 Å². The van der Waals surface area contributed by atoms with Crippen LogP contribution in [0.4, 0.5) is 0 Å². The number of hydrogen-bond acceptors (Lipinski definition) is 1. The third kappa shape index (κ3) is 3.35. The van der Waals surface area contributed by atoms with Crippen molar-refractivity contribution in [2.24, 2.45) is 0 Å². The maximum atomic E-state index is 3.82. The molecular formula is C13H19N. The lowest BCUT2D eigenvalue weighted by Crippen LogP contribution is -2.13. The van der Waals surface area contributed by atoms with Crippen LogP contribution in [0.15, 0.2) is 30.8 Å². The lowest BCUT2D eigenvalue weighted by atomic mass is 10.0. The third-order valence-corrected chi connectivity index (χ3v) is 2.33. The normalized spacial score (nSPS) is 10.5. The van der Waals surface area contributed by atoms with E-state index in [-0.39, 0.29) is 0 Å².